The van der Waals surface area contributed by atoms with Crippen LogP contribution in [0.25, 0.3) is 0 Å². The molecule has 4 atom stereocenters. The van der Waals surface area contributed by atoms with Crippen LogP contribution in [0.3, 0.4) is 0 Å². The van der Waals surface area contributed by atoms with Crippen molar-refractivity contribution in [2.45, 2.75) is 57.7 Å². The van der Waals surface area contributed by atoms with Gasteiger partial charge < -0.3 is 19.5 Å². The van der Waals surface area contributed by atoms with Crippen molar-refractivity contribution in [3.63, 3.8) is 0 Å². The number of nitrogens with one attached hydrogen (secondary N) is 2. The van der Waals surface area contributed by atoms with Crippen molar-refractivity contribution in [1.82, 2.24) is 15.8 Å². The molecule has 0 aliphatic carbocycles. The Morgan fingerprint density at radius 1 is 1.00 bits per heavy atom. The van der Waals surface area contributed by atoms with Crippen molar-refractivity contribution in [2.24, 2.45) is 5.92 Å². The molecule has 2 heterocycles. The third kappa shape index (κ3) is 4.52. The summed E-state index contributed by atoms with van der Waals surface area (Å²) in [7, 11) is 1.65. The Labute approximate surface area is 196 Å². The summed E-state index contributed by atoms with van der Waals surface area (Å²) in [5.74, 6) is 1.63. The molecule has 0 radical (unpaired) electrons. The normalized spacial score (nSPS) is 24.2. The van der Waals surface area contributed by atoms with Crippen LogP contribution in [0.1, 0.15) is 62.7 Å². The van der Waals surface area contributed by atoms with E-state index in [1.165, 1.54) is 0 Å². The van der Waals surface area contributed by atoms with Crippen LogP contribution >= 0.6 is 0 Å². The minimum Gasteiger partial charge on any atom is -0.508 e. The smallest absolute Gasteiger partial charge is 0.242 e. The van der Waals surface area contributed by atoms with E-state index in [9.17, 15) is 9.90 Å². The Hall–Kier alpha value is -2.77. The molecule has 2 fully saturated rings. The van der Waals surface area contributed by atoms with Crippen LogP contribution in [0.2, 0.25) is 0 Å². The number of methoxy groups -OCH3 is 1. The zero-order valence-corrected chi connectivity index (χ0v) is 19.7. The minimum absolute atomic E-state index is 0.0841. The first kappa shape index (κ1) is 23.4. The molecule has 2 aromatic rings. The van der Waals surface area contributed by atoms with Crippen LogP contribution in [-0.2, 0) is 4.79 Å². The molecule has 0 saturated carbocycles. The second-order valence-electron chi connectivity index (χ2n) is 8.82. The molecule has 3 N–H and O–H groups in total. The van der Waals surface area contributed by atoms with Crippen molar-refractivity contribution in [3.8, 4) is 17.2 Å². The molecule has 0 spiro atoms. The van der Waals surface area contributed by atoms with E-state index in [1.54, 1.807) is 13.2 Å². The number of hydrogen-bond acceptors (Lipinski definition) is 6. The molecule has 1 amide bonds. The summed E-state index contributed by atoms with van der Waals surface area (Å²) in [6.07, 6.45) is 3.99. The number of hydrazine groups is 1. The topological polar surface area (TPSA) is 83.1 Å². The quantitative estimate of drug-likeness (QED) is 0.470. The molecule has 0 aromatic heterocycles. The number of carbonyl (C=O) groups excluding carboxylic acids is 1. The minimum atomic E-state index is -0.358. The maximum Gasteiger partial charge on any atom is 0.242 e. The third-order valence-corrected chi connectivity index (χ3v) is 6.72. The van der Waals surface area contributed by atoms with Gasteiger partial charge >= 0.3 is 0 Å². The van der Waals surface area contributed by atoms with Crippen molar-refractivity contribution in [3.05, 3.63) is 53.6 Å². The van der Waals surface area contributed by atoms with Gasteiger partial charge in [-0.15, -0.1) is 0 Å². The Morgan fingerprint density at radius 3 is 2.48 bits per heavy atom. The van der Waals surface area contributed by atoms with Gasteiger partial charge in [0, 0.05) is 18.0 Å². The van der Waals surface area contributed by atoms with Gasteiger partial charge in [-0.3, -0.25) is 4.79 Å². The Kier molecular flexibility index (Phi) is 7.40. The van der Waals surface area contributed by atoms with E-state index >= 15 is 0 Å². The molecule has 2 aliphatic heterocycles. The van der Waals surface area contributed by atoms with Gasteiger partial charge in [0.1, 0.15) is 11.8 Å². The van der Waals surface area contributed by atoms with Crippen molar-refractivity contribution >= 4 is 5.91 Å². The largest absolute Gasteiger partial charge is 0.508 e. The van der Waals surface area contributed by atoms with Crippen LogP contribution in [0.15, 0.2) is 42.5 Å². The summed E-state index contributed by atoms with van der Waals surface area (Å²) < 4.78 is 11.6. The monoisotopic (exact) mass is 453 g/mol. The van der Waals surface area contributed by atoms with Crippen molar-refractivity contribution in [2.75, 3.05) is 20.3 Å². The lowest BCUT2D eigenvalue weighted by atomic mass is 9.83. The van der Waals surface area contributed by atoms with E-state index in [4.69, 9.17) is 9.47 Å². The summed E-state index contributed by atoms with van der Waals surface area (Å²) >= 11 is 0. The van der Waals surface area contributed by atoms with E-state index in [0.29, 0.717) is 18.9 Å². The highest BCUT2D eigenvalue weighted by molar-refractivity contribution is 5.86. The maximum absolute atomic E-state index is 13.4. The predicted octanol–water partition coefficient (Wildman–Crippen LogP) is 4.10. The van der Waals surface area contributed by atoms with E-state index in [1.807, 2.05) is 41.3 Å². The SMILES string of the molecule is CCCCOc1ccc(C2C3C(NNC3c3ccccc3O)C(=O)N2CCCC)cc1OC. The number of ether oxygens (including phenoxy) is 2. The van der Waals surface area contributed by atoms with Gasteiger partial charge in [-0.05, 0) is 36.6 Å². The fourth-order valence-electron chi connectivity index (χ4n) is 5.01. The summed E-state index contributed by atoms with van der Waals surface area (Å²) in [5, 5.41) is 10.5. The van der Waals surface area contributed by atoms with Gasteiger partial charge in [-0.2, -0.15) is 0 Å². The number of phenols is 1. The molecule has 0 bridgehead atoms. The molecule has 178 valence electrons. The summed E-state index contributed by atoms with van der Waals surface area (Å²) in [6.45, 7) is 5.60. The summed E-state index contributed by atoms with van der Waals surface area (Å²) in [6, 6.07) is 12.6. The second-order valence-corrected chi connectivity index (χ2v) is 8.82. The number of phenolic OH excluding ortho intramolecular Hbond substituents is 1. The number of aromatic hydroxyl groups is 1. The first-order valence-corrected chi connectivity index (χ1v) is 12.0. The highest BCUT2D eigenvalue weighted by atomic mass is 16.5. The Balaban J connectivity index is 1.72. The molecule has 4 unspecified atom stereocenters. The number of amides is 1. The number of rotatable bonds is 10. The molecule has 7 heteroatoms. The summed E-state index contributed by atoms with van der Waals surface area (Å²) in [5.41, 5.74) is 8.30. The van der Waals surface area contributed by atoms with Crippen molar-refractivity contribution in [1.29, 1.82) is 0 Å². The molecule has 2 aliphatic rings. The van der Waals surface area contributed by atoms with E-state index in [-0.39, 0.29) is 35.7 Å². The standard InChI is InChI=1S/C26H35N3O4/c1-4-6-14-29-25(17-12-13-20(21(16-17)32-3)33-15-7-5-2)22-23(27-28-24(22)26(29)31)18-10-8-9-11-19(18)30/h8-13,16,22-25,27-28,30H,4-7,14-15H2,1-3H3. The van der Waals surface area contributed by atoms with Crippen LogP contribution in [0, 0.1) is 5.92 Å². The number of likely N-dealkylation sites (tertiary alicyclic amines) is 1. The number of hydrogen-bond donors (Lipinski definition) is 3. The Bertz CT molecular complexity index is 966. The molecule has 4 rings (SSSR count). The lowest BCUT2D eigenvalue weighted by Crippen LogP contribution is -2.41. The van der Waals surface area contributed by atoms with Crippen LogP contribution in [0.4, 0.5) is 0 Å². The number of carbonyl (C=O) groups is 1. The highest BCUT2D eigenvalue weighted by Crippen LogP contribution is 2.49. The van der Waals surface area contributed by atoms with Gasteiger partial charge in [-0.25, -0.2) is 10.9 Å². The number of para-hydroxylation sites is 1. The maximum atomic E-state index is 13.4. The Morgan fingerprint density at radius 2 is 1.76 bits per heavy atom. The summed E-state index contributed by atoms with van der Waals surface area (Å²) in [4.78, 5) is 15.4. The number of benzene rings is 2. The van der Waals surface area contributed by atoms with Crippen LogP contribution < -0.4 is 20.3 Å². The predicted molar refractivity (Wildman–Crippen MR) is 127 cm³/mol. The van der Waals surface area contributed by atoms with Gasteiger partial charge in [0.15, 0.2) is 11.5 Å². The van der Waals surface area contributed by atoms with E-state index in [0.717, 1.165) is 42.6 Å². The second kappa shape index (κ2) is 10.4. The molecular weight excluding hydrogens is 418 g/mol. The third-order valence-electron chi connectivity index (χ3n) is 6.72. The lowest BCUT2D eigenvalue weighted by molar-refractivity contribution is -0.130. The highest BCUT2D eigenvalue weighted by Gasteiger charge is 2.55. The average molecular weight is 454 g/mol. The molecular formula is C26H35N3O4. The van der Waals surface area contributed by atoms with E-state index < -0.39 is 0 Å². The molecule has 2 aromatic carbocycles. The molecule has 7 nitrogen and oxygen atoms in total. The zero-order chi connectivity index (χ0) is 23.4. The van der Waals surface area contributed by atoms with Crippen LogP contribution in [-0.4, -0.2) is 42.2 Å². The van der Waals surface area contributed by atoms with E-state index in [2.05, 4.69) is 24.7 Å². The number of unbranched alkanes of at least 4 members (excludes halogenated alkanes) is 2. The average Bonchev–Trinajstić information content (AvgIpc) is 3.37. The fourth-order valence-corrected chi connectivity index (χ4v) is 5.01. The lowest BCUT2D eigenvalue weighted by Gasteiger charge is -2.32. The van der Waals surface area contributed by atoms with Crippen LogP contribution in [0.5, 0.6) is 17.2 Å². The number of nitrogens with zero attached hydrogens (tertiary/aromatic N) is 1. The van der Waals surface area contributed by atoms with Gasteiger partial charge in [0.05, 0.1) is 25.8 Å². The number of fused-ring (bicyclic) bond motifs is 1. The first-order chi connectivity index (χ1) is 16.1. The van der Waals surface area contributed by atoms with Gasteiger partial charge in [0.25, 0.3) is 0 Å². The van der Waals surface area contributed by atoms with Gasteiger partial charge in [-0.1, -0.05) is 51.0 Å². The molecule has 33 heavy (non-hydrogen) atoms. The zero-order valence-electron chi connectivity index (χ0n) is 19.7. The fraction of sp³-hybridized carbons (Fsp3) is 0.500. The van der Waals surface area contributed by atoms with Gasteiger partial charge in [0.2, 0.25) is 5.91 Å². The molecule has 2 saturated heterocycles. The van der Waals surface area contributed by atoms with Crippen molar-refractivity contribution < 1.29 is 19.4 Å². The first-order valence-electron chi connectivity index (χ1n) is 12.0.